The number of halogens is 3. The van der Waals surface area contributed by atoms with Gasteiger partial charge >= 0.3 is 6.18 Å². The van der Waals surface area contributed by atoms with Crippen LogP contribution in [0.3, 0.4) is 0 Å². The molecule has 1 aliphatic rings. The van der Waals surface area contributed by atoms with Gasteiger partial charge in [-0.1, -0.05) is 12.1 Å². The highest BCUT2D eigenvalue weighted by Crippen LogP contribution is 2.35. The topological polar surface area (TPSA) is 88.9 Å². The average Bonchev–Trinajstić information content (AvgIpc) is 2.85. The summed E-state index contributed by atoms with van der Waals surface area (Å²) >= 11 is 0. The van der Waals surface area contributed by atoms with Gasteiger partial charge in [-0.2, -0.15) is 23.3 Å². The van der Waals surface area contributed by atoms with E-state index in [-0.39, 0.29) is 18.1 Å². The monoisotopic (exact) mass is 339 g/mol. The molecule has 3 rings (SSSR count). The summed E-state index contributed by atoms with van der Waals surface area (Å²) in [6, 6.07) is 3.55. The van der Waals surface area contributed by atoms with Gasteiger partial charge in [0.2, 0.25) is 17.8 Å². The molecule has 2 aromatic rings. The van der Waals surface area contributed by atoms with Gasteiger partial charge in [-0.3, -0.25) is 14.9 Å². The van der Waals surface area contributed by atoms with Crippen molar-refractivity contribution in [3.8, 4) is 0 Å². The molecule has 0 bridgehead atoms. The van der Waals surface area contributed by atoms with E-state index < -0.39 is 29.6 Å². The Hall–Kier alpha value is -2.91. The van der Waals surface area contributed by atoms with Crippen LogP contribution in [0, 0.1) is 6.92 Å². The highest BCUT2D eigenvalue weighted by molar-refractivity contribution is 6.01. The number of para-hydroxylation sites is 1. The van der Waals surface area contributed by atoms with Crippen LogP contribution in [0.15, 0.2) is 24.3 Å². The Kier molecular flexibility index (Phi) is 3.74. The Morgan fingerprint density at radius 1 is 1.38 bits per heavy atom. The first-order valence-corrected chi connectivity index (χ1v) is 6.96. The van der Waals surface area contributed by atoms with Gasteiger partial charge in [0, 0.05) is 0 Å². The number of carbonyl (C=O) groups excluding carboxylic acids is 2. The second-order valence-corrected chi connectivity index (χ2v) is 5.23. The molecule has 0 saturated carbocycles. The molecule has 126 valence electrons. The Morgan fingerprint density at radius 3 is 2.79 bits per heavy atom. The standard InChI is InChI=1S/C14H12F3N5O2/c1-7-18-13-20-11(23)6-10(22(13)21-7)12(24)19-9-5-3-2-4-8(9)14(15,16)17/h2-5,10H,6H2,1H3,(H,19,24)(H,18,20,21,23)/t10-/m0/s1. The molecule has 0 aliphatic carbocycles. The Labute approximate surface area is 133 Å². The minimum atomic E-state index is -4.61. The van der Waals surface area contributed by atoms with Crippen LogP contribution in [0.2, 0.25) is 0 Å². The summed E-state index contributed by atoms with van der Waals surface area (Å²) in [5.41, 5.74) is -1.34. The summed E-state index contributed by atoms with van der Waals surface area (Å²) < 4.78 is 40.2. The van der Waals surface area contributed by atoms with Gasteiger partial charge in [0.25, 0.3) is 0 Å². The summed E-state index contributed by atoms with van der Waals surface area (Å²) in [6.07, 6.45) is -4.85. The largest absolute Gasteiger partial charge is 0.418 e. The van der Waals surface area contributed by atoms with Crippen LogP contribution in [-0.2, 0) is 15.8 Å². The van der Waals surface area contributed by atoms with Crippen LogP contribution >= 0.6 is 0 Å². The van der Waals surface area contributed by atoms with E-state index in [4.69, 9.17) is 0 Å². The molecular formula is C14H12F3N5O2. The molecule has 2 N–H and O–H groups in total. The molecule has 24 heavy (non-hydrogen) atoms. The average molecular weight is 339 g/mol. The van der Waals surface area contributed by atoms with E-state index in [1.165, 1.54) is 16.8 Å². The molecule has 0 fully saturated rings. The van der Waals surface area contributed by atoms with Crippen molar-refractivity contribution in [2.45, 2.75) is 25.6 Å². The number of aromatic nitrogens is 3. The molecule has 0 spiro atoms. The summed E-state index contributed by atoms with van der Waals surface area (Å²) in [5, 5.41) is 8.69. The van der Waals surface area contributed by atoms with Gasteiger partial charge in [0.05, 0.1) is 17.7 Å². The van der Waals surface area contributed by atoms with Crippen molar-refractivity contribution in [1.29, 1.82) is 0 Å². The van der Waals surface area contributed by atoms with Crippen LogP contribution in [0.5, 0.6) is 0 Å². The lowest BCUT2D eigenvalue weighted by molar-refractivity contribution is -0.137. The highest BCUT2D eigenvalue weighted by atomic mass is 19.4. The zero-order valence-corrected chi connectivity index (χ0v) is 12.4. The third kappa shape index (κ3) is 2.94. The maximum absolute atomic E-state index is 13.0. The van der Waals surface area contributed by atoms with Crippen LogP contribution in [0.25, 0.3) is 0 Å². The van der Waals surface area contributed by atoms with Crippen molar-refractivity contribution in [2.75, 3.05) is 10.6 Å². The van der Waals surface area contributed by atoms with Crippen molar-refractivity contribution in [3.63, 3.8) is 0 Å². The molecule has 1 aromatic heterocycles. The fourth-order valence-electron chi connectivity index (χ4n) is 2.43. The van der Waals surface area contributed by atoms with Crippen LogP contribution in [0.1, 0.15) is 23.9 Å². The first-order valence-electron chi connectivity index (χ1n) is 6.96. The van der Waals surface area contributed by atoms with Gasteiger partial charge in [0.15, 0.2) is 0 Å². The lowest BCUT2D eigenvalue weighted by Crippen LogP contribution is -2.36. The number of carbonyl (C=O) groups is 2. The summed E-state index contributed by atoms with van der Waals surface area (Å²) in [4.78, 5) is 28.1. The minimum absolute atomic E-state index is 0.0907. The fraction of sp³-hybridized carbons (Fsp3) is 0.286. The number of amides is 2. The van der Waals surface area contributed by atoms with E-state index in [9.17, 15) is 22.8 Å². The summed E-state index contributed by atoms with van der Waals surface area (Å²) in [6.45, 7) is 1.57. The number of hydrogen-bond donors (Lipinski definition) is 2. The molecule has 10 heteroatoms. The van der Waals surface area contributed by atoms with E-state index in [1.807, 2.05) is 0 Å². The third-order valence-corrected chi connectivity index (χ3v) is 3.46. The second kappa shape index (κ2) is 5.62. The lowest BCUT2D eigenvalue weighted by Gasteiger charge is -2.23. The lowest BCUT2D eigenvalue weighted by atomic mass is 10.1. The van der Waals surface area contributed by atoms with Gasteiger partial charge in [-0.25, -0.2) is 4.68 Å². The summed E-state index contributed by atoms with van der Waals surface area (Å²) in [5.74, 6) is -0.805. The highest BCUT2D eigenvalue weighted by Gasteiger charge is 2.36. The van der Waals surface area contributed by atoms with Crippen molar-refractivity contribution in [2.24, 2.45) is 0 Å². The van der Waals surface area contributed by atoms with E-state index in [0.717, 1.165) is 12.1 Å². The zero-order chi connectivity index (χ0) is 17.5. The molecule has 0 unspecified atom stereocenters. The second-order valence-electron chi connectivity index (χ2n) is 5.23. The fourth-order valence-corrected chi connectivity index (χ4v) is 2.43. The quantitative estimate of drug-likeness (QED) is 0.877. The molecule has 0 radical (unpaired) electrons. The molecule has 1 atom stereocenters. The number of nitrogens with zero attached hydrogens (tertiary/aromatic N) is 3. The van der Waals surface area contributed by atoms with Crippen molar-refractivity contribution in [1.82, 2.24) is 14.8 Å². The molecule has 7 nitrogen and oxygen atoms in total. The first-order chi connectivity index (χ1) is 11.3. The smallest absolute Gasteiger partial charge is 0.324 e. The van der Waals surface area contributed by atoms with Crippen molar-refractivity contribution >= 4 is 23.5 Å². The molecule has 0 saturated heterocycles. The third-order valence-electron chi connectivity index (χ3n) is 3.46. The predicted molar refractivity (Wildman–Crippen MR) is 77.1 cm³/mol. The van der Waals surface area contributed by atoms with Crippen molar-refractivity contribution in [3.05, 3.63) is 35.7 Å². The van der Waals surface area contributed by atoms with Crippen LogP contribution in [-0.4, -0.2) is 26.6 Å². The number of rotatable bonds is 2. The Balaban J connectivity index is 1.90. The van der Waals surface area contributed by atoms with E-state index in [1.54, 1.807) is 6.92 Å². The molecular weight excluding hydrogens is 327 g/mol. The number of alkyl halides is 3. The number of hydrogen-bond acceptors (Lipinski definition) is 4. The normalized spacial score (nSPS) is 17.2. The number of anilines is 2. The maximum atomic E-state index is 13.0. The molecule has 1 aliphatic heterocycles. The first kappa shape index (κ1) is 16.0. The predicted octanol–water partition coefficient (Wildman–Crippen LogP) is 2.13. The van der Waals surface area contributed by atoms with Crippen LogP contribution in [0.4, 0.5) is 24.8 Å². The maximum Gasteiger partial charge on any atom is 0.418 e. The van der Waals surface area contributed by atoms with Gasteiger partial charge in [0.1, 0.15) is 11.9 Å². The van der Waals surface area contributed by atoms with E-state index in [0.29, 0.717) is 5.82 Å². The van der Waals surface area contributed by atoms with Gasteiger partial charge < -0.3 is 5.32 Å². The molecule has 1 aromatic carbocycles. The van der Waals surface area contributed by atoms with E-state index >= 15 is 0 Å². The van der Waals surface area contributed by atoms with Gasteiger partial charge in [-0.05, 0) is 19.1 Å². The van der Waals surface area contributed by atoms with Crippen molar-refractivity contribution < 1.29 is 22.8 Å². The number of aryl methyl sites for hydroxylation is 1. The molecule has 2 heterocycles. The SMILES string of the molecule is Cc1nc2n(n1)[C@H](C(=O)Nc1ccccc1C(F)(F)F)CC(=O)N2. The Morgan fingerprint density at radius 2 is 2.08 bits per heavy atom. The minimum Gasteiger partial charge on any atom is -0.324 e. The molecule has 2 amide bonds. The van der Waals surface area contributed by atoms with Crippen LogP contribution < -0.4 is 10.6 Å². The number of nitrogens with one attached hydrogen (secondary N) is 2. The van der Waals surface area contributed by atoms with Gasteiger partial charge in [-0.15, -0.1) is 0 Å². The number of fused-ring (bicyclic) bond motifs is 1. The zero-order valence-electron chi connectivity index (χ0n) is 12.4. The number of benzene rings is 1. The summed E-state index contributed by atoms with van der Waals surface area (Å²) in [7, 11) is 0. The van der Waals surface area contributed by atoms with E-state index in [2.05, 4.69) is 20.7 Å². The Bertz CT molecular complexity index is 815.